The summed E-state index contributed by atoms with van der Waals surface area (Å²) >= 11 is 1.41. The van der Waals surface area contributed by atoms with Crippen LogP contribution in [0.5, 0.6) is 17.2 Å². The van der Waals surface area contributed by atoms with Gasteiger partial charge in [0.25, 0.3) is 5.91 Å². The zero-order valence-electron chi connectivity index (χ0n) is 17.5. The summed E-state index contributed by atoms with van der Waals surface area (Å²) in [6.07, 6.45) is 0. The average Bonchev–Trinajstić information content (AvgIpc) is 3.16. The minimum atomic E-state index is -0.166. The highest BCUT2D eigenvalue weighted by Gasteiger charge is 2.22. The van der Waals surface area contributed by atoms with E-state index < -0.39 is 0 Å². The summed E-state index contributed by atoms with van der Waals surface area (Å²) in [4.78, 5) is 27.4. The van der Waals surface area contributed by atoms with E-state index in [1.54, 1.807) is 80.8 Å². The van der Waals surface area contributed by atoms with Crippen LogP contribution in [0.4, 0.5) is 0 Å². The number of carbonyl (C=O) groups excluding carboxylic acids is 2. The number of amides is 1. The SMILES string of the molecule is CN(C)C(=O)COc1ccc(C(=O)c2c(-c3ccc(O)cc3)sc3cc(O)ccc23)cc1. The van der Waals surface area contributed by atoms with Crippen molar-refractivity contribution in [2.24, 2.45) is 0 Å². The van der Waals surface area contributed by atoms with Gasteiger partial charge in [-0.15, -0.1) is 11.3 Å². The number of fused-ring (bicyclic) bond motifs is 1. The van der Waals surface area contributed by atoms with Gasteiger partial charge in [0.05, 0.1) is 0 Å². The zero-order chi connectivity index (χ0) is 22.8. The van der Waals surface area contributed by atoms with Gasteiger partial charge in [-0.25, -0.2) is 0 Å². The Hall–Kier alpha value is -3.84. The van der Waals surface area contributed by atoms with E-state index in [4.69, 9.17) is 4.74 Å². The number of ketones is 1. The van der Waals surface area contributed by atoms with Gasteiger partial charge in [0.2, 0.25) is 0 Å². The van der Waals surface area contributed by atoms with Crippen molar-refractivity contribution in [1.29, 1.82) is 0 Å². The maximum atomic E-state index is 13.5. The lowest BCUT2D eigenvalue weighted by molar-refractivity contribution is -0.130. The molecule has 32 heavy (non-hydrogen) atoms. The van der Waals surface area contributed by atoms with Crippen LogP contribution in [0.15, 0.2) is 66.7 Å². The lowest BCUT2D eigenvalue weighted by Gasteiger charge is -2.11. The second kappa shape index (κ2) is 8.72. The Morgan fingerprint density at radius 3 is 2.22 bits per heavy atom. The second-order valence-corrected chi connectivity index (χ2v) is 8.52. The molecule has 4 aromatic rings. The fourth-order valence-electron chi connectivity index (χ4n) is 3.25. The van der Waals surface area contributed by atoms with Crippen molar-refractivity contribution in [2.75, 3.05) is 20.7 Å². The predicted octanol–water partition coefficient (Wildman–Crippen LogP) is 4.68. The van der Waals surface area contributed by atoms with Gasteiger partial charge in [0.1, 0.15) is 17.2 Å². The van der Waals surface area contributed by atoms with Crippen molar-refractivity contribution in [3.8, 4) is 27.7 Å². The number of hydrogen-bond donors (Lipinski definition) is 2. The normalized spacial score (nSPS) is 10.8. The van der Waals surface area contributed by atoms with Crippen molar-refractivity contribution >= 4 is 33.1 Å². The summed E-state index contributed by atoms with van der Waals surface area (Å²) in [6, 6.07) is 18.3. The summed E-state index contributed by atoms with van der Waals surface area (Å²) in [7, 11) is 3.31. The van der Waals surface area contributed by atoms with Crippen LogP contribution in [0.2, 0.25) is 0 Å². The van der Waals surface area contributed by atoms with Gasteiger partial charge in [-0.3, -0.25) is 9.59 Å². The van der Waals surface area contributed by atoms with E-state index in [9.17, 15) is 19.8 Å². The maximum absolute atomic E-state index is 13.5. The smallest absolute Gasteiger partial charge is 0.259 e. The zero-order valence-corrected chi connectivity index (χ0v) is 18.3. The van der Waals surface area contributed by atoms with Crippen LogP contribution in [-0.4, -0.2) is 47.5 Å². The van der Waals surface area contributed by atoms with Gasteiger partial charge >= 0.3 is 0 Å². The maximum Gasteiger partial charge on any atom is 0.259 e. The van der Waals surface area contributed by atoms with Crippen LogP contribution in [0.3, 0.4) is 0 Å². The number of rotatable bonds is 6. The topological polar surface area (TPSA) is 87.1 Å². The fourth-order valence-corrected chi connectivity index (χ4v) is 4.49. The third-order valence-corrected chi connectivity index (χ3v) is 6.21. The molecule has 0 bridgehead atoms. The van der Waals surface area contributed by atoms with Crippen molar-refractivity contribution < 1.29 is 24.5 Å². The van der Waals surface area contributed by atoms with Gasteiger partial charge < -0.3 is 19.8 Å². The van der Waals surface area contributed by atoms with Crippen LogP contribution < -0.4 is 4.74 Å². The molecule has 0 spiro atoms. The van der Waals surface area contributed by atoms with E-state index in [0.29, 0.717) is 16.9 Å². The molecule has 162 valence electrons. The lowest BCUT2D eigenvalue weighted by atomic mass is 9.97. The molecule has 6 nitrogen and oxygen atoms in total. The monoisotopic (exact) mass is 447 g/mol. The van der Waals surface area contributed by atoms with Crippen LogP contribution >= 0.6 is 11.3 Å². The molecule has 2 N–H and O–H groups in total. The number of carbonyl (C=O) groups is 2. The Morgan fingerprint density at radius 1 is 0.906 bits per heavy atom. The molecule has 3 aromatic carbocycles. The van der Waals surface area contributed by atoms with Gasteiger partial charge in [-0.2, -0.15) is 0 Å². The molecule has 1 heterocycles. The van der Waals surface area contributed by atoms with Crippen LogP contribution in [0, 0.1) is 0 Å². The number of aromatic hydroxyl groups is 2. The molecular weight excluding hydrogens is 426 g/mol. The van der Waals surface area contributed by atoms with Gasteiger partial charge in [-0.05, 0) is 72.3 Å². The molecule has 1 aromatic heterocycles. The van der Waals surface area contributed by atoms with E-state index in [1.165, 1.54) is 16.2 Å². The molecule has 0 fully saturated rings. The molecule has 0 saturated carbocycles. The van der Waals surface area contributed by atoms with E-state index in [0.717, 1.165) is 20.5 Å². The highest BCUT2D eigenvalue weighted by atomic mass is 32.1. The number of nitrogens with zero attached hydrogens (tertiary/aromatic N) is 1. The van der Waals surface area contributed by atoms with Gasteiger partial charge in [-0.1, -0.05) is 0 Å². The first-order chi connectivity index (χ1) is 15.3. The minimum Gasteiger partial charge on any atom is -0.508 e. The second-order valence-electron chi connectivity index (χ2n) is 7.46. The van der Waals surface area contributed by atoms with Crippen molar-refractivity contribution in [1.82, 2.24) is 4.90 Å². The summed E-state index contributed by atoms with van der Waals surface area (Å²) < 4.78 is 6.28. The van der Waals surface area contributed by atoms with Gasteiger partial charge in [0.15, 0.2) is 12.4 Å². The van der Waals surface area contributed by atoms with E-state index in [-0.39, 0.29) is 29.8 Å². The Morgan fingerprint density at radius 2 is 1.56 bits per heavy atom. The van der Waals surface area contributed by atoms with Crippen molar-refractivity contribution in [3.05, 3.63) is 77.9 Å². The van der Waals surface area contributed by atoms with Crippen molar-refractivity contribution in [2.45, 2.75) is 0 Å². The number of phenolic OH excluding ortho intramolecular Hbond substituents is 2. The van der Waals surface area contributed by atoms with E-state index in [2.05, 4.69) is 0 Å². The van der Waals surface area contributed by atoms with Crippen LogP contribution in [0.1, 0.15) is 15.9 Å². The largest absolute Gasteiger partial charge is 0.508 e. The first-order valence-electron chi connectivity index (χ1n) is 9.86. The molecule has 0 atom stereocenters. The first kappa shape index (κ1) is 21.4. The number of ether oxygens (including phenoxy) is 1. The quantitative estimate of drug-likeness (QED) is 0.419. The lowest BCUT2D eigenvalue weighted by Crippen LogP contribution is -2.27. The third-order valence-electron chi connectivity index (χ3n) is 5.01. The highest BCUT2D eigenvalue weighted by Crippen LogP contribution is 2.41. The summed E-state index contributed by atoms with van der Waals surface area (Å²) in [6.45, 7) is -0.0794. The number of benzene rings is 3. The summed E-state index contributed by atoms with van der Waals surface area (Å²) in [5.74, 6) is 0.445. The van der Waals surface area contributed by atoms with Crippen LogP contribution in [0.25, 0.3) is 20.5 Å². The summed E-state index contributed by atoms with van der Waals surface area (Å²) in [5, 5.41) is 20.3. The van der Waals surface area contributed by atoms with Crippen molar-refractivity contribution in [3.63, 3.8) is 0 Å². The molecule has 0 saturated heterocycles. The average molecular weight is 448 g/mol. The Labute approximate surface area is 188 Å². The van der Waals surface area contributed by atoms with Crippen LogP contribution in [-0.2, 0) is 4.79 Å². The van der Waals surface area contributed by atoms with E-state index >= 15 is 0 Å². The number of thiophene rings is 1. The third kappa shape index (κ3) is 4.29. The molecule has 0 radical (unpaired) electrons. The Kier molecular flexibility index (Phi) is 5.83. The molecule has 7 heteroatoms. The minimum absolute atomic E-state index is 0.0794. The molecule has 0 aliphatic heterocycles. The molecule has 0 aliphatic rings. The molecule has 0 aliphatic carbocycles. The number of hydrogen-bond acceptors (Lipinski definition) is 6. The first-order valence-corrected chi connectivity index (χ1v) is 10.7. The number of likely N-dealkylation sites (N-methyl/N-ethyl adjacent to an activating group) is 1. The number of phenols is 2. The van der Waals surface area contributed by atoms with Gasteiger partial charge in [0, 0.05) is 40.2 Å². The standard InChI is InChI=1S/C25H21NO5S/c1-26(2)22(29)14-31-19-10-5-15(6-11-19)24(30)23-20-12-9-18(28)13-21(20)32-25(23)16-3-7-17(27)8-4-16/h3-13,27-28H,14H2,1-2H3. The van der Waals surface area contributed by atoms with E-state index in [1.807, 2.05) is 0 Å². The fraction of sp³-hybridized carbons (Fsp3) is 0.120. The Bertz CT molecular complexity index is 1290. The highest BCUT2D eigenvalue weighted by molar-refractivity contribution is 7.22. The molecule has 4 rings (SSSR count). The molecular formula is C25H21NO5S. The predicted molar refractivity (Wildman–Crippen MR) is 125 cm³/mol. The molecule has 1 amide bonds. The Balaban J connectivity index is 1.70. The summed E-state index contributed by atoms with van der Waals surface area (Å²) in [5.41, 5.74) is 1.81. The molecule has 0 unspecified atom stereocenters.